The van der Waals surface area contributed by atoms with Crippen LogP contribution < -0.4 is 0 Å². The van der Waals surface area contributed by atoms with E-state index in [2.05, 4.69) is 0 Å². The topological polar surface area (TPSA) is 210 Å². The predicted molar refractivity (Wildman–Crippen MR) is 129 cm³/mol. The zero-order chi connectivity index (χ0) is 28.3. The van der Waals surface area contributed by atoms with Crippen molar-refractivity contribution < 1.29 is 64.0 Å². The average Bonchev–Trinajstić information content (AvgIpc) is 3.21. The van der Waals surface area contributed by atoms with Gasteiger partial charge in [-0.05, 0) is 47.5 Å². The number of rotatable bonds is 8. The smallest absolute Gasteiger partial charge is 0.364 e. The monoisotopic (exact) mass is 544 g/mol. The van der Waals surface area contributed by atoms with Gasteiger partial charge in [0.2, 0.25) is 0 Å². The highest BCUT2D eigenvalue weighted by Crippen LogP contribution is 2.42. The van der Waals surface area contributed by atoms with Crippen molar-refractivity contribution in [2.75, 3.05) is 6.61 Å². The highest BCUT2D eigenvalue weighted by Gasteiger charge is 2.63. The van der Waals surface area contributed by atoms with Crippen LogP contribution in [0.15, 0.2) is 48.6 Å². The van der Waals surface area contributed by atoms with Gasteiger partial charge in [0, 0.05) is 18.6 Å². The van der Waals surface area contributed by atoms with Crippen LogP contribution >= 0.6 is 0 Å². The quantitative estimate of drug-likeness (QED) is 0.156. The van der Waals surface area contributed by atoms with Crippen molar-refractivity contribution in [2.45, 2.75) is 36.6 Å². The van der Waals surface area contributed by atoms with E-state index in [1.807, 2.05) is 0 Å². The second kappa shape index (κ2) is 11.0. The van der Waals surface area contributed by atoms with E-state index in [4.69, 9.17) is 18.9 Å². The molecule has 2 heterocycles. The molecule has 0 radical (unpaired) electrons. The average molecular weight is 544 g/mol. The van der Waals surface area contributed by atoms with Gasteiger partial charge in [-0.2, -0.15) is 0 Å². The molecule has 2 aliphatic heterocycles. The summed E-state index contributed by atoms with van der Waals surface area (Å²) in [6.45, 7) is -0.507. The van der Waals surface area contributed by atoms with Crippen LogP contribution in [0.1, 0.15) is 17.5 Å². The Morgan fingerprint density at radius 1 is 0.872 bits per heavy atom. The van der Waals surface area contributed by atoms with E-state index in [1.54, 1.807) is 0 Å². The minimum Gasteiger partial charge on any atom is -0.504 e. The van der Waals surface area contributed by atoms with Gasteiger partial charge in [-0.3, -0.25) is 0 Å². The predicted octanol–water partition coefficient (Wildman–Crippen LogP) is 1.02. The number of aliphatic hydroxyl groups excluding tert-OH is 1. The minimum absolute atomic E-state index is 0.334. The highest BCUT2D eigenvalue weighted by atomic mass is 16.8. The molecule has 39 heavy (non-hydrogen) atoms. The number of ether oxygens (including phenoxy) is 4. The standard InChI is InChI=1S/C26H24O13/c27-15-5-1-13(9-17(15)29)3-7-21(32)36-12-20-24-23(19(31)11-26(38-20,39-24)25(34)35)37-22(33)8-4-14-2-6-16(28)18(30)10-14/h1-10,19-20,23-24,27-31H,11-12H2,(H,34,35)/b7-3+,8-4+/t19-,20-,23+,24+,26+/m0/s1. The Bertz CT molecular complexity index is 1330. The number of benzene rings is 2. The van der Waals surface area contributed by atoms with Crippen molar-refractivity contribution in [3.63, 3.8) is 0 Å². The first kappa shape index (κ1) is 27.4. The first-order valence-electron chi connectivity index (χ1n) is 11.5. The fourth-order valence-corrected chi connectivity index (χ4v) is 4.09. The van der Waals surface area contributed by atoms with Crippen LogP contribution in [0.5, 0.6) is 23.0 Å². The molecule has 206 valence electrons. The van der Waals surface area contributed by atoms with E-state index in [0.717, 1.165) is 12.2 Å². The molecule has 2 aromatic rings. The fourth-order valence-electron chi connectivity index (χ4n) is 4.09. The Hall–Kier alpha value is -4.59. The van der Waals surface area contributed by atoms with E-state index in [0.29, 0.717) is 11.1 Å². The summed E-state index contributed by atoms with van der Waals surface area (Å²) in [5.41, 5.74) is 0.742. The van der Waals surface area contributed by atoms with Gasteiger partial charge in [-0.15, -0.1) is 0 Å². The molecule has 0 unspecified atom stereocenters. The molecule has 6 N–H and O–H groups in total. The lowest BCUT2D eigenvalue weighted by molar-refractivity contribution is -0.247. The van der Waals surface area contributed by atoms with Crippen molar-refractivity contribution in [3.8, 4) is 23.0 Å². The number of phenolic OH excluding ortho intramolecular Hbond substituents is 4. The first-order valence-corrected chi connectivity index (χ1v) is 11.5. The normalized spacial score (nSPS) is 26.1. The van der Waals surface area contributed by atoms with E-state index < -0.39 is 66.9 Å². The molecule has 0 aliphatic carbocycles. The number of esters is 2. The summed E-state index contributed by atoms with van der Waals surface area (Å²) in [6.07, 6.45) is -1.34. The molecule has 0 spiro atoms. The summed E-state index contributed by atoms with van der Waals surface area (Å²) >= 11 is 0. The zero-order valence-electron chi connectivity index (χ0n) is 20.0. The molecule has 13 nitrogen and oxygen atoms in total. The third kappa shape index (κ3) is 6.12. The molecule has 0 amide bonds. The third-order valence-electron chi connectivity index (χ3n) is 6.01. The Labute approximate surface area is 220 Å². The van der Waals surface area contributed by atoms with Gasteiger partial charge < -0.3 is 49.6 Å². The lowest BCUT2D eigenvalue weighted by Crippen LogP contribution is -2.55. The summed E-state index contributed by atoms with van der Waals surface area (Å²) in [5, 5.41) is 58.0. The number of carbonyl (C=O) groups is 3. The van der Waals surface area contributed by atoms with E-state index in [9.17, 15) is 45.0 Å². The van der Waals surface area contributed by atoms with E-state index >= 15 is 0 Å². The summed E-state index contributed by atoms with van der Waals surface area (Å²) in [4.78, 5) is 36.5. The second-order valence-corrected chi connectivity index (χ2v) is 8.76. The largest absolute Gasteiger partial charge is 0.504 e. The van der Waals surface area contributed by atoms with Crippen LogP contribution in [0.25, 0.3) is 12.2 Å². The van der Waals surface area contributed by atoms with Crippen molar-refractivity contribution in [1.29, 1.82) is 0 Å². The van der Waals surface area contributed by atoms with E-state index in [-0.39, 0.29) is 17.2 Å². The molecular weight excluding hydrogens is 520 g/mol. The SMILES string of the molecule is O=C(/C=C/c1ccc(O)c(O)c1)OC[C@@H]1O[C@]2(C(=O)O)C[C@H](O)[C@@H](OC(=O)/C=C/c3ccc(O)c(O)c3)[C@@H]1O2. The van der Waals surface area contributed by atoms with E-state index in [1.165, 1.54) is 48.6 Å². The number of hydrogen-bond acceptors (Lipinski definition) is 12. The molecule has 2 fully saturated rings. The van der Waals surface area contributed by atoms with Crippen molar-refractivity contribution in [3.05, 3.63) is 59.7 Å². The number of aliphatic carboxylic acids is 1. The molecule has 0 aromatic heterocycles. The molecule has 4 rings (SSSR count). The lowest BCUT2D eigenvalue weighted by atomic mass is 9.95. The van der Waals surface area contributed by atoms with Gasteiger partial charge in [0.05, 0.1) is 6.10 Å². The summed E-state index contributed by atoms with van der Waals surface area (Å²) < 4.78 is 21.5. The maximum atomic E-state index is 12.4. The molecule has 13 heteroatoms. The Morgan fingerprint density at radius 3 is 1.97 bits per heavy atom. The molecule has 5 atom stereocenters. The van der Waals surface area contributed by atoms with Gasteiger partial charge in [-0.25, -0.2) is 14.4 Å². The second-order valence-electron chi connectivity index (χ2n) is 8.76. The Morgan fingerprint density at radius 2 is 1.44 bits per heavy atom. The molecule has 2 bridgehead atoms. The number of aromatic hydroxyl groups is 4. The Kier molecular flexibility index (Phi) is 7.76. The number of fused-ring (bicyclic) bond motifs is 2. The minimum atomic E-state index is -2.23. The van der Waals surface area contributed by atoms with Crippen molar-refractivity contribution in [2.24, 2.45) is 0 Å². The van der Waals surface area contributed by atoms with Gasteiger partial charge >= 0.3 is 17.9 Å². The first-order chi connectivity index (χ1) is 18.5. The van der Waals surface area contributed by atoms with Crippen LogP contribution in [0.3, 0.4) is 0 Å². The van der Waals surface area contributed by atoms with Gasteiger partial charge in [0.15, 0.2) is 29.1 Å². The van der Waals surface area contributed by atoms with Crippen LogP contribution in [0.4, 0.5) is 0 Å². The molecule has 0 saturated carbocycles. The number of hydrogen-bond donors (Lipinski definition) is 6. The van der Waals surface area contributed by atoms with Gasteiger partial charge in [0.25, 0.3) is 5.79 Å². The molecule has 2 aromatic carbocycles. The fraction of sp³-hybridized carbons (Fsp3) is 0.269. The maximum absolute atomic E-state index is 12.4. The number of phenols is 4. The summed E-state index contributed by atoms with van der Waals surface area (Å²) in [5.74, 6) is -7.01. The highest BCUT2D eigenvalue weighted by molar-refractivity contribution is 5.88. The molecule has 2 aliphatic rings. The number of aliphatic hydroxyl groups is 1. The lowest BCUT2D eigenvalue weighted by Gasteiger charge is -2.35. The van der Waals surface area contributed by atoms with Crippen LogP contribution in [-0.4, -0.2) is 85.4 Å². The molecular formula is C26H24O13. The number of carbonyl (C=O) groups excluding carboxylic acids is 2. The summed E-state index contributed by atoms with van der Waals surface area (Å²) in [6, 6.07) is 7.72. The number of carboxylic acids is 1. The number of carboxylic acid groups (broad SMARTS) is 1. The van der Waals surface area contributed by atoms with Crippen LogP contribution in [-0.2, 0) is 33.3 Å². The molecule has 2 saturated heterocycles. The van der Waals surface area contributed by atoms with Gasteiger partial charge in [-0.1, -0.05) is 12.1 Å². The zero-order valence-corrected chi connectivity index (χ0v) is 20.0. The van der Waals surface area contributed by atoms with Gasteiger partial charge in [0.1, 0.15) is 18.8 Å². The van der Waals surface area contributed by atoms with Crippen LogP contribution in [0, 0.1) is 0 Å². The van der Waals surface area contributed by atoms with Crippen LogP contribution in [0.2, 0.25) is 0 Å². The van der Waals surface area contributed by atoms with Crippen molar-refractivity contribution >= 4 is 30.1 Å². The maximum Gasteiger partial charge on any atom is 0.364 e. The third-order valence-corrected chi connectivity index (χ3v) is 6.01. The summed E-state index contributed by atoms with van der Waals surface area (Å²) in [7, 11) is 0. The Balaban J connectivity index is 1.42. The van der Waals surface area contributed by atoms with Crippen molar-refractivity contribution in [1.82, 2.24) is 0 Å².